The van der Waals surface area contributed by atoms with E-state index in [1.54, 1.807) is 0 Å². The van der Waals surface area contributed by atoms with Crippen LogP contribution in [0.2, 0.25) is 0 Å². The van der Waals surface area contributed by atoms with Crippen molar-refractivity contribution in [3.63, 3.8) is 0 Å². The molecule has 2 nitrogen and oxygen atoms in total. The Bertz CT molecular complexity index is 332. The fourth-order valence-electron chi connectivity index (χ4n) is 1.25. The number of halogens is 1. The highest BCUT2D eigenvalue weighted by molar-refractivity contribution is 7.13. The molecule has 12 heavy (non-hydrogen) atoms. The van der Waals surface area contributed by atoms with Gasteiger partial charge in [0.25, 0.3) is 0 Å². The van der Waals surface area contributed by atoms with Gasteiger partial charge in [0.2, 0.25) is 0 Å². The lowest BCUT2D eigenvalue weighted by Gasteiger charge is -2.04. The molecule has 1 aliphatic carbocycles. The Morgan fingerprint density at radius 1 is 1.67 bits per heavy atom. The number of thiazole rings is 1. The summed E-state index contributed by atoms with van der Waals surface area (Å²) in [5.74, 6) is 0. The summed E-state index contributed by atoms with van der Waals surface area (Å²) >= 11 is 7.45. The van der Waals surface area contributed by atoms with Crippen molar-refractivity contribution in [3.05, 3.63) is 21.7 Å². The van der Waals surface area contributed by atoms with Gasteiger partial charge in [0, 0.05) is 0 Å². The van der Waals surface area contributed by atoms with Gasteiger partial charge in [0.1, 0.15) is 5.01 Å². The number of hydrogen-bond donors (Lipinski definition) is 1. The molecule has 0 saturated carbocycles. The summed E-state index contributed by atoms with van der Waals surface area (Å²) in [6.45, 7) is 0.0157. The van der Waals surface area contributed by atoms with Crippen molar-refractivity contribution in [1.82, 2.24) is 4.98 Å². The summed E-state index contributed by atoms with van der Waals surface area (Å²) in [5, 5.41) is 10.4. The van der Waals surface area contributed by atoms with Crippen LogP contribution in [-0.4, -0.2) is 10.1 Å². The molecule has 0 amide bonds. The molecule has 1 aromatic heterocycles. The molecule has 1 aromatic rings. The van der Waals surface area contributed by atoms with Gasteiger partial charge in [-0.3, -0.25) is 0 Å². The molecular formula is C8H8ClNOS. The zero-order valence-corrected chi connectivity index (χ0v) is 7.95. The van der Waals surface area contributed by atoms with Crippen LogP contribution < -0.4 is 0 Å². The third-order valence-corrected chi connectivity index (χ3v) is 3.37. The number of aliphatic hydroxyl groups is 1. The Kier molecular flexibility index (Phi) is 2.17. The van der Waals surface area contributed by atoms with Crippen LogP contribution >= 0.6 is 22.9 Å². The molecule has 0 aromatic carbocycles. The molecule has 1 heterocycles. The van der Waals surface area contributed by atoms with Crippen LogP contribution in [0.5, 0.6) is 0 Å². The maximum Gasteiger partial charge on any atom is 0.119 e. The molecule has 0 aliphatic heterocycles. The van der Waals surface area contributed by atoms with E-state index in [0.29, 0.717) is 0 Å². The summed E-state index contributed by atoms with van der Waals surface area (Å²) in [5.41, 5.74) is 1.04. The second-order valence-electron chi connectivity index (χ2n) is 2.63. The summed E-state index contributed by atoms with van der Waals surface area (Å²) in [6, 6.07) is 0. The van der Waals surface area contributed by atoms with Gasteiger partial charge in [-0.25, -0.2) is 4.98 Å². The Hall–Kier alpha value is -0.380. The molecule has 64 valence electrons. The molecule has 1 N–H and O–H groups in total. The van der Waals surface area contributed by atoms with Crippen LogP contribution in [0, 0.1) is 0 Å². The van der Waals surface area contributed by atoms with Crippen LogP contribution in [0.4, 0.5) is 0 Å². The molecule has 0 bridgehead atoms. The zero-order valence-electron chi connectivity index (χ0n) is 6.38. The van der Waals surface area contributed by atoms with Crippen molar-refractivity contribution >= 4 is 28.0 Å². The minimum absolute atomic E-state index is 0.0157. The lowest BCUT2D eigenvalue weighted by molar-refractivity contribution is 0.281. The molecule has 1 aliphatic rings. The Morgan fingerprint density at radius 3 is 3.17 bits per heavy atom. The Labute approximate surface area is 79.5 Å². The van der Waals surface area contributed by atoms with Crippen LogP contribution in [0.3, 0.4) is 0 Å². The van der Waals surface area contributed by atoms with Crippen molar-refractivity contribution in [2.45, 2.75) is 19.4 Å². The maximum atomic E-state index is 8.86. The second kappa shape index (κ2) is 3.17. The van der Waals surface area contributed by atoms with E-state index < -0.39 is 0 Å². The molecule has 0 radical (unpaired) electrons. The van der Waals surface area contributed by atoms with E-state index in [4.69, 9.17) is 16.7 Å². The number of hydrogen-bond acceptors (Lipinski definition) is 3. The first-order valence-corrected chi connectivity index (χ1v) is 4.96. The molecular weight excluding hydrogens is 194 g/mol. The van der Waals surface area contributed by atoms with Gasteiger partial charge in [-0.15, -0.1) is 11.3 Å². The van der Waals surface area contributed by atoms with E-state index in [0.717, 1.165) is 33.5 Å². The number of aryl methyl sites for hydroxylation is 1. The zero-order chi connectivity index (χ0) is 8.55. The largest absolute Gasteiger partial charge is 0.389 e. The van der Waals surface area contributed by atoms with Gasteiger partial charge < -0.3 is 5.11 Å². The smallest absolute Gasteiger partial charge is 0.119 e. The first-order chi connectivity index (χ1) is 5.81. The number of nitrogens with zero attached hydrogens (tertiary/aromatic N) is 1. The standard InChI is InChI=1S/C8H8ClNOS/c9-5-2-1-3-6-8(5)12-7(4-11)10-6/h2,11H,1,3-4H2. The van der Waals surface area contributed by atoms with Crippen molar-refractivity contribution in [2.75, 3.05) is 0 Å². The highest BCUT2D eigenvalue weighted by atomic mass is 35.5. The molecule has 0 spiro atoms. The molecule has 0 saturated heterocycles. The lowest BCUT2D eigenvalue weighted by atomic mass is 10.1. The van der Waals surface area contributed by atoms with E-state index in [1.165, 1.54) is 11.3 Å². The van der Waals surface area contributed by atoms with Gasteiger partial charge in [-0.1, -0.05) is 17.7 Å². The quantitative estimate of drug-likeness (QED) is 0.756. The summed E-state index contributed by atoms with van der Waals surface area (Å²) in [4.78, 5) is 5.30. The minimum Gasteiger partial charge on any atom is -0.389 e. The van der Waals surface area contributed by atoms with Crippen LogP contribution in [0.1, 0.15) is 22.0 Å². The van der Waals surface area contributed by atoms with E-state index in [-0.39, 0.29) is 6.61 Å². The van der Waals surface area contributed by atoms with Gasteiger partial charge in [0.05, 0.1) is 22.2 Å². The molecule has 0 unspecified atom stereocenters. The first kappa shape index (κ1) is 8.23. The van der Waals surface area contributed by atoms with Crippen LogP contribution in [0.25, 0.3) is 5.03 Å². The predicted molar refractivity (Wildman–Crippen MR) is 50.2 cm³/mol. The number of aromatic nitrogens is 1. The monoisotopic (exact) mass is 201 g/mol. The Morgan fingerprint density at radius 2 is 2.50 bits per heavy atom. The topological polar surface area (TPSA) is 33.1 Å². The van der Waals surface area contributed by atoms with Gasteiger partial charge in [0.15, 0.2) is 0 Å². The van der Waals surface area contributed by atoms with Crippen molar-refractivity contribution in [3.8, 4) is 0 Å². The summed E-state index contributed by atoms with van der Waals surface area (Å²) in [7, 11) is 0. The van der Waals surface area contributed by atoms with Crippen LogP contribution in [-0.2, 0) is 13.0 Å². The number of aliphatic hydroxyl groups excluding tert-OH is 1. The average molecular weight is 202 g/mol. The second-order valence-corrected chi connectivity index (χ2v) is 4.12. The Balaban J connectivity index is 2.46. The molecule has 0 fully saturated rings. The number of fused-ring (bicyclic) bond motifs is 1. The predicted octanol–water partition coefficient (Wildman–Crippen LogP) is 2.16. The normalized spacial score (nSPS) is 15.7. The van der Waals surface area contributed by atoms with Crippen molar-refractivity contribution < 1.29 is 5.11 Å². The third-order valence-electron chi connectivity index (χ3n) is 1.80. The molecule has 4 heteroatoms. The van der Waals surface area contributed by atoms with Crippen molar-refractivity contribution in [1.29, 1.82) is 0 Å². The SMILES string of the molecule is OCc1nc2c(s1)C(Cl)=CCC2. The fraction of sp³-hybridized carbons (Fsp3) is 0.375. The summed E-state index contributed by atoms with van der Waals surface area (Å²) in [6.07, 6.45) is 3.91. The third kappa shape index (κ3) is 1.28. The lowest BCUT2D eigenvalue weighted by Crippen LogP contribution is -1.93. The highest BCUT2D eigenvalue weighted by Crippen LogP contribution is 2.33. The number of rotatable bonds is 1. The summed E-state index contributed by atoms with van der Waals surface area (Å²) < 4.78 is 0. The van der Waals surface area contributed by atoms with Crippen LogP contribution in [0.15, 0.2) is 6.08 Å². The van der Waals surface area contributed by atoms with Gasteiger partial charge >= 0.3 is 0 Å². The average Bonchev–Trinajstić information content (AvgIpc) is 2.49. The van der Waals surface area contributed by atoms with E-state index >= 15 is 0 Å². The highest BCUT2D eigenvalue weighted by Gasteiger charge is 2.16. The van der Waals surface area contributed by atoms with Crippen molar-refractivity contribution in [2.24, 2.45) is 0 Å². The molecule has 2 rings (SSSR count). The van der Waals surface area contributed by atoms with E-state index in [2.05, 4.69) is 4.98 Å². The number of allylic oxidation sites excluding steroid dienone is 1. The van der Waals surface area contributed by atoms with E-state index in [9.17, 15) is 0 Å². The van der Waals surface area contributed by atoms with Gasteiger partial charge in [-0.2, -0.15) is 0 Å². The minimum atomic E-state index is 0.0157. The maximum absolute atomic E-state index is 8.86. The fourth-order valence-corrected chi connectivity index (χ4v) is 2.49. The van der Waals surface area contributed by atoms with E-state index in [1.807, 2.05) is 6.08 Å². The molecule has 0 atom stereocenters. The first-order valence-electron chi connectivity index (χ1n) is 3.76. The van der Waals surface area contributed by atoms with Gasteiger partial charge in [-0.05, 0) is 12.8 Å².